The van der Waals surface area contributed by atoms with Gasteiger partial charge in [0.2, 0.25) is 0 Å². The topological polar surface area (TPSA) is 26.3 Å². The van der Waals surface area contributed by atoms with Gasteiger partial charge in [0.15, 0.2) is 6.29 Å². The van der Waals surface area contributed by atoms with Crippen molar-refractivity contribution in [2.75, 3.05) is 6.61 Å². The number of aldehydes is 1. The normalized spacial score (nSPS) is 16.0. The second-order valence-electron chi connectivity index (χ2n) is 1.95. The lowest BCUT2D eigenvalue weighted by atomic mass is 10.6. The Labute approximate surface area is 54.2 Å². The van der Waals surface area contributed by atoms with Gasteiger partial charge in [-0.2, -0.15) is 0 Å². The van der Waals surface area contributed by atoms with Crippen LogP contribution in [0.5, 0.6) is 0 Å². The van der Waals surface area contributed by atoms with E-state index < -0.39 is 0 Å². The van der Waals surface area contributed by atoms with E-state index in [9.17, 15) is 4.79 Å². The molecule has 48 valence electrons. The lowest BCUT2D eigenvalue weighted by molar-refractivity contribution is -0.103. The molecule has 0 N–H and O–H groups in total. The molecule has 9 heavy (non-hydrogen) atoms. The summed E-state index contributed by atoms with van der Waals surface area (Å²) in [5.41, 5.74) is 0. The Morgan fingerprint density at radius 3 is 3.00 bits per heavy atom. The van der Waals surface area contributed by atoms with Crippen molar-refractivity contribution < 1.29 is 9.53 Å². The lowest BCUT2D eigenvalue weighted by Gasteiger charge is -1.89. The molecule has 1 rings (SSSR count). The predicted octanol–water partition coefficient (Wildman–Crippen LogP) is 0.368. The summed E-state index contributed by atoms with van der Waals surface area (Å²) in [6.45, 7) is 0.406. The minimum absolute atomic E-state index is 0.406. The van der Waals surface area contributed by atoms with Gasteiger partial charge in [0.05, 0.1) is 6.10 Å². The summed E-state index contributed by atoms with van der Waals surface area (Å²) in [6.07, 6.45) is 3.33. The van der Waals surface area contributed by atoms with Crippen LogP contribution < -0.4 is 0 Å². The number of rotatable bonds is 2. The van der Waals surface area contributed by atoms with Gasteiger partial charge in [-0.1, -0.05) is 5.92 Å². The van der Waals surface area contributed by atoms with Crippen molar-refractivity contribution >= 4 is 6.29 Å². The van der Waals surface area contributed by atoms with Crippen molar-refractivity contribution in [1.29, 1.82) is 0 Å². The minimum Gasteiger partial charge on any atom is -0.366 e. The van der Waals surface area contributed by atoms with Crippen LogP contribution in [-0.4, -0.2) is 19.0 Å². The molecule has 0 unspecified atom stereocenters. The second-order valence-corrected chi connectivity index (χ2v) is 1.95. The van der Waals surface area contributed by atoms with Crippen LogP contribution in [-0.2, 0) is 9.53 Å². The van der Waals surface area contributed by atoms with Crippen LogP contribution in [0, 0.1) is 11.8 Å². The number of hydrogen-bond acceptors (Lipinski definition) is 2. The van der Waals surface area contributed by atoms with Gasteiger partial charge in [-0.3, -0.25) is 4.79 Å². The smallest absolute Gasteiger partial charge is 0.192 e. The van der Waals surface area contributed by atoms with Crippen LogP contribution in [0.3, 0.4) is 0 Å². The van der Waals surface area contributed by atoms with Crippen molar-refractivity contribution in [3.8, 4) is 11.8 Å². The van der Waals surface area contributed by atoms with Gasteiger partial charge in [-0.15, -0.1) is 0 Å². The average molecular weight is 124 g/mol. The first-order valence-electron chi connectivity index (χ1n) is 2.97. The average Bonchev–Trinajstić information content (AvgIpc) is 2.63. The molecule has 1 saturated carbocycles. The molecule has 0 aromatic heterocycles. The molecule has 0 amide bonds. The fourth-order valence-electron chi connectivity index (χ4n) is 0.478. The van der Waals surface area contributed by atoms with Gasteiger partial charge in [-0.05, 0) is 18.8 Å². The molecule has 0 atom stereocenters. The van der Waals surface area contributed by atoms with E-state index in [1.54, 1.807) is 0 Å². The molecule has 1 fully saturated rings. The summed E-state index contributed by atoms with van der Waals surface area (Å²) in [7, 11) is 0. The van der Waals surface area contributed by atoms with Crippen LogP contribution in [0.4, 0.5) is 0 Å². The molecule has 2 heteroatoms. The zero-order valence-corrected chi connectivity index (χ0v) is 5.09. The molecule has 2 nitrogen and oxygen atoms in total. The Morgan fingerprint density at radius 2 is 2.44 bits per heavy atom. The molecule has 0 spiro atoms. The molecular weight excluding hydrogens is 116 g/mol. The maximum absolute atomic E-state index is 9.64. The molecule has 1 aliphatic rings. The highest BCUT2D eigenvalue weighted by molar-refractivity contribution is 5.72. The van der Waals surface area contributed by atoms with Crippen molar-refractivity contribution in [2.45, 2.75) is 18.9 Å². The summed E-state index contributed by atoms with van der Waals surface area (Å²) in [5, 5.41) is 0. The monoisotopic (exact) mass is 124 g/mol. The Hall–Kier alpha value is -0.810. The molecule has 0 bridgehead atoms. The van der Waals surface area contributed by atoms with Gasteiger partial charge < -0.3 is 4.74 Å². The summed E-state index contributed by atoms with van der Waals surface area (Å²) >= 11 is 0. The van der Waals surface area contributed by atoms with E-state index in [4.69, 9.17) is 4.74 Å². The summed E-state index contributed by atoms with van der Waals surface area (Å²) in [5.74, 6) is 4.84. The highest BCUT2D eigenvalue weighted by Gasteiger charge is 2.20. The second kappa shape index (κ2) is 3.26. The van der Waals surface area contributed by atoms with Crippen molar-refractivity contribution in [1.82, 2.24) is 0 Å². The third kappa shape index (κ3) is 2.89. The van der Waals surface area contributed by atoms with Gasteiger partial charge in [0.1, 0.15) is 6.61 Å². The van der Waals surface area contributed by atoms with E-state index >= 15 is 0 Å². The molecular formula is C7H8O2. The van der Waals surface area contributed by atoms with Crippen molar-refractivity contribution in [2.24, 2.45) is 0 Å². The molecule has 1 aliphatic carbocycles. The highest BCUT2D eigenvalue weighted by atomic mass is 16.5. The lowest BCUT2D eigenvalue weighted by Crippen LogP contribution is -1.92. The molecule has 0 saturated heterocycles. The van der Waals surface area contributed by atoms with Crippen LogP contribution in [0.25, 0.3) is 0 Å². The van der Waals surface area contributed by atoms with Crippen LogP contribution in [0.2, 0.25) is 0 Å². The van der Waals surface area contributed by atoms with E-state index in [1.165, 1.54) is 0 Å². The molecule has 0 heterocycles. The van der Waals surface area contributed by atoms with Crippen LogP contribution in [0.15, 0.2) is 0 Å². The van der Waals surface area contributed by atoms with E-state index in [2.05, 4.69) is 11.8 Å². The van der Waals surface area contributed by atoms with Crippen molar-refractivity contribution in [3.63, 3.8) is 0 Å². The zero-order chi connectivity index (χ0) is 6.53. The quantitative estimate of drug-likeness (QED) is 0.392. The fraction of sp³-hybridized carbons (Fsp3) is 0.571. The SMILES string of the molecule is O=CC#CCOC1CC1. The van der Waals surface area contributed by atoms with Gasteiger partial charge in [0, 0.05) is 0 Å². The summed E-state index contributed by atoms with van der Waals surface area (Å²) < 4.78 is 5.12. The van der Waals surface area contributed by atoms with E-state index in [0.29, 0.717) is 19.0 Å². The highest BCUT2D eigenvalue weighted by Crippen LogP contribution is 2.22. The van der Waals surface area contributed by atoms with Gasteiger partial charge in [-0.25, -0.2) is 0 Å². The molecule has 0 aromatic carbocycles. The first-order valence-corrected chi connectivity index (χ1v) is 2.97. The van der Waals surface area contributed by atoms with Gasteiger partial charge in [0.25, 0.3) is 0 Å². The Balaban J connectivity index is 1.97. The van der Waals surface area contributed by atoms with E-state index in [0.717, 1.165) is 12.8 Å². The number of hydrogen-bond donors (Lipinski definition) is 0. The molecule has 0 radical (unpaired) electrons. The first-order chi connectivity index (χ1) is 4.43. The van der Waals surface area contributed by atoms with Crippen LogP contribution >= 0.6 is 0 Å². The fourth-order valence-corrected chi connectivity index (χ4v) is 0.478. The molecule has 0 aromatic rings. The summed E-state index contributed by atoms with van der Waals surface area (Å²) in [4.78, 5) is 9.64. The Bertz CT molecular complexity index is 148. The van der Waals surface area contributed by atoms with E-state index in [-0.39, 0.29) is 0 Å². The zero-order valence-electron chi connectivity index (χ0n) is 5.09. The first kappa shape index (κ1) is 6.31. The number of ether oxygens (including phenoxy) is 1. The number of carbonyl (C=O) groups is 1. The van der Waals surface area contributed by atoms with Crippen LogP contribution in [0.1, 0.15) is 12.8 Å². The Kier molecular flexibility index (Phi) is 2.29. The standard InChI is InChI=1S/C7H8O2/c8-5-1-2-6-9-7-3-4-7/h5,7H,3-4,6H2. The molecule has 0 aliphatic heterocycles. The maximum Gasteiger partial charge on any atom is 0.192 e. The third-order valence-electron chi connectivity index (χ3n) is 1.08. The van der Waals surface area contributed by atoms with E-state index in [1.807, 2.05) is 0 Å². The minimum atomic E-state index is 0.406. The predicted molar refractivity (Wildman–Crippen MR) is 32.8 cm³/mol. The largest absolute Gasteiger partial charge is 0.366 e. The maximum atomic E-state index is 9.64. The number of carbonyl (C=O) groups excluding carboxylic acids is 1. The third-order valence-corrected chi connectivity index (χ3v) is 1.08. The van der Waals surface area contributed by atoms with Crippen molar-refractivity contribution in [3.05, 3.63) is 0 Å². The summed E-state index contributed by atoms with van der Waals surface area (Å²) in [6, 6.07) is 0. The Morgan fingerprint density at radius 1 is 1.67 bits per heavy atom. The van der Waals surface area contributed by atoms with Gasteiger partial charge >= 0.3 is 0 Å².